The first-order valence-corrected chi connectivity index (χ1v) is 12.1. The molecular formula is C31H30O4. The molecule has 0 aromatic heterocycles. The molecule has 0 N–H and O–H groups in total. The Morgan fingerprint density at radius 3 is 2.54 bits per heavy atom. The Hall–Kier alpha value is -3.68. The number of benzene rings is 3. The van der Waals surface area contributed by atoms with E-state index in [1.807, 2.05) is 43.3 Å². The summed E-state index contributed by atoms with van der Waals surface area (Å²) in [7, 11) is 1.69. The lowest BCUT2D eigenvalue weighted by molar-refractivity contribution is -0.105. The van der Waals surface area contributed by atoms with Gasteiger partial charge in [-0.15, -0.1) is 5.92 Å². The van der Waals surface area contributed by atoms with Gasteiger partial charge in [0.25, 0.3) is 0 Å². The van der Waals surface area contributed by atoms with Gasteiger partial charge in [-0.25, -0.2) is 0 Å². The zero-order valence-electron chi connectivity index (χ0n) is 20.5. The molecule has 1 saturated heterocycles. The van der Waals surface area contributed by atoms with Crippen molar-refractivity contribution in [3.8, 4) is 29.1 Å². The van der Waals surface area contributed by atoms with Gasteiger partial charge in [0, 0.05) is 29.2 Å². The molecule has 5 rings (SSSR count). The zero-order valence-corrected chi connectivity index (χ0v) is 20.5. The van der Waals surface area contributed by atoms with E-state index in [9.17, 15) is 0 Å². The van der Waals surface area contributed by atoms with Gasteiger partial charge in [-0.1, -0.05) is 30.2 Å². The SMILES string of the molecule is CC#Cc1ccc(C2Oc3cc(OC4CCCCO4)ccc3C(C)=C2c2cccc(OC)c2)cc1. The van der Waals surface area contributed by atoms with Crippen LogP contribution in [0.4, 0.5) is 0 Å². The third-order valence-corrected chi connectivity index (χ3v) is 6.54. The lowest BCUT2D eigenvalue weighted by Gasteiger charge is -2.32. The second kappa shape index (κ2) is 10.3. The number of fused-ring (bicyclic) bond motifs is 1. The number of hydrogen-bond acceptors (Lipinski definition) is 4. The number of ether oxygens (including phenoxy) is 4. The molecule has 3 aromatic rings. The van der Waals surface area contributed by atoms with Crippen LogP contribution in [0, 0.1) is 11.8 Å². The van der Waals surface area contributed by atoms with Crippen LogP contribution in [0.1, 0.15) is 61.5 Å². The molecule has 1 fully saturated rings. The molecule has 178 valence electrons. The normalized spacial score (nSPS) is 19.2. The minimum atomic E-state index is -0.278. The summed E-state index contributed by atoms with van der Waals surface area (Å²) in [6.45, 7) is 4.75. The van der Waals surface area contributed by atoms with Gasteiger partial charge in [-0.3, -0.25) is 0 Å². The topological polar surface area (TPSA) is 36.9 Å². The second-order valence-electron chi connectivity index (χ2n) is 8.84. The van der Waals surface area contributed by atoms with Crippen LogP contribution in [0.5, 0.6) is 17.2 Å². The molecule has 4 nitrogen and oxygen atoms in total. The third kappa shape index (κ3) is 4.92. The molecule has 2 aliphatic heterocycles. The third-order valence-electron chi connectivity index (χ3n) is 6.54. The van der Waals surface area contributed by atoms with Gasteiger partial charge in [-0.2, -0.15) is 0 Å². The molecule has 2 atom stereocenters. The van der Waals surface area contributed by atoms with Crippen LogP contribution < -0.4 is 14.2 Å². The summed E-state index contributed by atoms with van der Waals surface area (Å²) < 4.78 is 24.1. The van der Waals surface area contributed by atoms with E-state index in [0.717, 1.165) is 70.9 Å². The molecule has 2 aliphatic rings. The van der Waals surface area contributed by atoms with Crippen LogP contribution in [-0.4, -0.2) is 20.0 Å². The summed E-state index contributed by atoms with van der Waals surface area (Å²) in [6.07, 6.45) is 2.65. The minimum Gasteiger partial charge on any atom is -0.497 e. The van der Waals surface area contributed by atoms with E-state index in [0.29, 0.717) is 0 Å². The fourth-order valence-electron chi connectivity index (χ4n) is 4.75. The van der Waals surface area contributed by atoms with Crippen molar-refractivity contribution in [3.63, 3.8) is 0 Å². The molecule has 0 spiro atoms. The molecule has 0 bridgehead atoms. The number of allylic oxidation sites excluding steroid dienone is 1. The average Bonchev–Trinajstić information content (AvgIpc) is 2.90. The molecule has 0 saturated carbocycles. The van der Waals surface area contributed by atoms with Crippen molar-refractivity contribution in [3.05, 3.63) is 89.0 Å². The maximum Gasteiger partial charge on any atom is 0.199 e. The van der Waals surface area contributed by atoms with E-state index in [1.54, 1.807) is 7.11 Å². The fourth-order valence-corrected chi connectivity index (χ4v) is 4.75. The van der Waals surface area contributed by atoms with Gasteiger partial charge in [0.1, 0.15) is 23.4 Å². The van der Waals surface area contributed by atoms with Crippen LogP contribution in [0.3, 0.4) is 0 Å². The summed E-state index contributed by atoms with van der Waals surface area (Å²) in [6, 6.07) is 22.5. The van der Waals surface area contributed by atoms with E-state index in [-0.39, 0.29) is 12.4 Å². The number of hydrogen-bond donors (Lipinski definition) is 0. The van der Waals surface area contributed by atoms with Crippen LogP contribution >= 0.6 is 0 Å². The molecule has 2 heterocycles. The summed E-state index contributed by atoms with van der Waals surface area (Å²) in [5.74, 6) is 8.47. The van der Waals surface area contributed by atoms with Crippen molar-refractivity contribution < 1.29 is 18.9 Å². The van der Waals surface area contributed by atoms with E-state index >= 15 is 0 Å². The van der Waals surface area contributed by atoms with Crippen molar-refractivity contribution in [2.24, 2.45) is 0 Å². The molecule has 35 heavy (non-hydrogen) atoms. The number of methoxy groups -OCH3 is 1. The Morgan fingerprint density at radius 1 is 0.943 bits per heavy atom. The Labute approximate surface area is 207 Å². The molecule has 0 amide bonds. The predicted molar refractivity (Wildman–Crippen MR) is 139 cm³/mol. The standard InChI is InChI=1S/C31H30O4/c1-4-8-22-12-14-23(15-13-22)31-30(24-9-7-10-25(19-24)32-3)21(2)27-17-16-26(20-28(27)35-31)34-29-11-5-6-18-33-29/h7,9-10,12-17,19-20,29,31H,5-6,11,18H2,1-3H3. The van der Waals surface area contributed by atoms with Crippen LogP contribution in [-0.2, 0) is 4.74 Å². The predicted octanol–water partition coefficient (Wildman–Crippen LogP) is 7.04. The highest BCUT2D eigenvalue weighted by molar-refractivity contribution is 5.95. The van der Waals surface area contributed by atoms with Gasteiger partial charge in [-0.05, 0) is 79.8 Å². The quantitative estimate of drug-likeness (QED) is 0.378. The van der Waals surface area contributed by atoms with Crippen LogP contribution in [0.25, 0.3) is 11.1 Å². The molecule has 3 aromatic carbocycles. The largest absolute Gasteiger partial charge is 0.497 e. The Bertz CT molecular complexity index is 1290. The van der Waals surface area contributed by atoms with E-state index < -0.39 is 0 Å². The van der Waals surface area contributed by atoms with Crippen LogP contribution in [0.2, 0.25) is 0 Å². The van der Waals surface area contributed by atoms with E-state index in [4.69, 9.17) is 18.9 Å². The van der Waals surface area contributed by atoms with Gasteiger partial charge >= 0.3 is 0 Å². The maximum absolute atomic E-state index is 6.70. The summed E-state index contributed by atoms with van der Waals surface area (Å²) >= 11 is 0. The smallest absolute Gasteiger partial charge is 0.199 e. The minimum absolute atomic E-state index is 0.197. The average molecular weight is 467 g/mol. The van der Waals surface area contributed by atoms with E-state index in [1.165, 1.54) is 5.57 Å². The summed E-state index contributed by atoms with van der Waals surface area (Å²) in [5, 5.41) is 0. The van der Waals surface area contributed by atoms with Crippen LogP contribution in [0.15, 0.2) is 66.7 Å². The first-order valence-electron chi connectivity index (χ1n) is 12.1. The molecule has 4 heteroatoms. The lowest BCUT2D eigenvalue weighted by Crippen LogP contribution is -2.25. The van der Waals surface area contributed by atoms with Gasteiger partial charge in [0.05, 0.1) is 13.7 Å². The monoisotopic (exact) mass is 466 g/mol. The lowest BCUT2D eigenvalue weighted by atomic mass is 9.86. The van der Waals surface area contributed by atoms with Gasteiger partial charge in [0.15, 0.2) is 6.29 Å². The summed E-state index contributed by atoms with van der Waals surface area (Å²) in [4.78, 5) is 0. The van der Waals surface area contributed by atoms with Crippen molar-refractivity contribution in [2.75, 3.05) is 13.7 Å². The molecule has 0 aliphatic carbocycles. The molecular weight excluding hydrogens is 436 g/mol. The van der Waals surface area contributed by atoms with Crippen molar-refractivity contribution >= 4 is 11.1 Å². The van der Waals surface area contributed by atoms with Crippen molar-refractivity contribution in [2.45, 2.75) is 45.5 Å². The van der Waals surface area contributed by atoms with Crippen molar-refractivity contribution in [1.82, 2.24) is 0 Å². The highest BCUT2D eigenvalue weighted by Crippen LogP contribution is 2.48. The highest BCUT2D eigenvalue weighted by Gasteiger charge is 2.30. The first-order chi connectivity index (χ1) is 17.2. The second-order valence-corrected chi connectivity index (χ2v) is 8.84. The maximum atomic E-state index is 6.70. The molecule has 2 unspecified atom stereocenters. The Morgan fingerprint density at radius 2 is 1.80 bits per heavy atom. The molecule has 0 radical (unpaired) electrons. The Kier molecular flexibility index (Phi) is 6.79. The number of rotatable bonds is 5. The first kappa shape index (κ1) is 23.1. The van der Waals surface area contributed by atoms with Crippen molar-refractivity contribution in [1.29, 1.82) is 0 Å². The summed E-state index contributed by atoms with van der Waals surface area (Å²) in [5.41, 5.74) is 6.48. The van der Waals surface area contributed by atoms with Gasteiger partial charge in [0.2, 0.25) is 0 Å². The van der Waals surface area contributed by atoms with Gasteiger partial charge < -0.3 is 18.9 Å². The van der Waals surface area contributed by atoms with E-state index in [2.05, 4.69) is 49.1 Å². The fraction of sp³-hybridized carbons (Fsp3) is 0.290. The Balaban J connectivity index is 1.57. The zero-order chi connectivity index (χ0) is 24.2. The highest BCUT2D eigenvalue weighted by atomic mass is 16.7.